The first kappa shape index (κ1) is 24.9. The Bertz CT molecular complexity index is 460. The van der Waals surface area contributed by atoms with E-state index in [0.717, 1.165) is 12.8 Å². The molecule has 1 N–H and O–H groups in total. The van der Waals surface area contributed by atoms with Crippen LogP contribution in [-0.2, 0) is 4.79 Å². The maximum absolute atomic E-state index is 12.3. The molecule has 4 heteroatoms. The number of carbonyl (C=O) groups excluding carboxylic acids is 1. The molecular formula is C24H44N2O2. The molecule has 0 spiro atoms. The van der Waals surface area contributed by atoms with E-state index in [2.05, 4.69) is 24.1 Å². The maximum atomic E-state index is 12.3. The number of hydrogen-bond acceptors (Lipinski definition) is 4. The number of unbranched alkanes of at least 4 members (excludes halogenated alkanes) is 11. The van der Waals surface area contributed by atoms with Gasteiger partial charge >= 0.3 is 0 Å². The number of amidine groups is 1. The van der Waals surface area contributed by atoms with E-state index in [1.807, 2.05) is 6.92 Å². The van der Waals surface area contributed by atoms with Gasteiger partial charge in [-0.2, -0.15) is 0 Å². The minimum absolute atomic E-state index is 0.0997. The van der Waals surface area contributed by atoms with Crippen LogP contribution < -0.4 is 0 Å². The van der Waals surface area contributed by atoms with Crippen molar-refractivity contribution < 1.29 is 9.90 Å². The van der Waals surface area contributed by atoms with Crippen molar-refractivity contribution in [2.24, 2.45) is 4.99 Å². The summed E-state index contributed by atoms with van der Waals surface area (Å²) in [6.45, 7) is 5.49. The van der Waals surface area contributed by atoms with E-state index in [9.17, 15) is 9.90 Å². The molecule has 162 valence electrons. The molecule has 1 unspecified atom stereocenters. The van der Waals surface area contributed by atoms with Gasteiger partial charge in [0.2, 0.25) is 0 Å². The zero-order valence-corrected chi connectivity index (χ0v) is 18.5. The molecule has 1 heterocycles. The van der Waals surface area contributed by atoms with Crippen molar-refractivity contribution in [3.63, 3.8) is 0 Å². The highest BCUT2D eigenvalue weighted by atomic mass is 16.3. The lowest BCUT2D eigenvalue weighted by Gasteiger charge is -2.24. The van der Waals surface area contributed by atoms with Crippen LogP contribution in [0.15, 0.2) is 17.1 Å². The molecule has 1 atom stereocenters. The van der Waals surface area contributed by atoms with Gasteiger partial charge in [0.1, 0.15) is 6.23 Å². The second-order valence-electron chi connectivity index (χ2n) is 8.05. The summed E-state index contributed by atoms with van der Waals surface area (Å²) in [5.74, 6) is 0.604. The first-order valence-corrected chi connectivity index (χ1v) is 11.9. The van der Waals surface area contributed by atoms with Crippen LogP contribution in [0.3, 0.4) is 0 Å². The van der Waals surface area contributed by atoms with Gasteiger partial charge in [0.05, 0.1) is 6.54 Å². The van der Waals surface area contributed by atoms with Crippen LogP contribution in [-0.4, -0.2) is 40.9 Å². The van der Waals surface area contributed by atoms with E-state index in [4.69, 9.17) is 0 Å². The van der Waals surface area contributed by atoms with E-state index in [1.54, 1.807) is 4.90 Å². The van der Waals surface area contributed by atoms with Gasteiger partial charge in [0, 0.05) is 13.0 Å². The smallest absolute Gasteiger partial charge is 0.197 e. The quantitative estimate of drug-likeness (QED) is 0.229. The predicted octanol–water partition coefficient (Wildman–Crippen LogP) is 6.04. The molecule has 1 aliphatic rings. The van der Waals surface area contributed by atoms with Crippen molar-refractivity contribution in [2.75, 3.05) is 13.1 Å². The standard InChI is InChI=1S/C24H44N2O2/c1-3-5-6-7-8-9-10-11-12-13-14-15-16-17-18-19-22(27)24-25-20-21-26(24)23(28)4-2/h11-12,23,28H,3-10,13-21H2,1-2H3. The number of rotatable bonds is 18. The van der Waals surface area contributed by atoms with E-state index in [0.29, 0.717) is 31.8 Å². The summed E-state index contributed by atoms with van der Waals surface area (Å²) in [7, 11) is 0. The summed E-state index contributed by atoms with van der Waals surface area (Å²) >= 11 is 0. The van der Waals surface area contributed by atoms with Crippen molar-refractivity contribution in [3.05, 3.63) is 12.2 Å². The number of allylic oxidation sites excluding steroid dienone is 2. The topological polar surface area (TPSA) is 52.9 Å². The summed E-state index contributed by atoms with van der Waals surface area (Å²) in [5, 5.41) is 9.97. The van der Waals surface area contributed by atoms with Gasteiger partial charge in [-0.15, -0.1) is 0 Å². The van der Waals surface area contributed by atoms with Crippen molar-refractivity contribution in [2.45, 2.75) is 116 Å². The van der Waals surface area contributed by atoms with Crippen LogP contribution in [0.4, 0.5) is 0 Å². The van der Waals surface area contributed by atoms with Crippen molar-refractivity contribution in [1.82, 2.24) is 4.90 Å². The van der Waals surface area contributed by atoms with Crippen LogP contribution in [0.2, 0.25) is 0 Å². The third-order valence-electron chi connectivity index (χ3n) is 5.51. The van der Waals surface area contributed by atoms with Gasteiger partial charge < -0.3 is 10.0 Å². The highest BCUT2D eigenvalue weighted by molar-refractivity contribution is 6.39. The van der Waals surface area contributed by atoms with Crippen molar-refractivity contribution in [1.29, 1.82) is 0 Å². The normalized spacial score (nSPS) is 15.4. The van der Waals surface area contributed by atoms with E-state index < -0.39 is 6.23 Å². The Morgan fingerprint density at radius 1 is 0.964 bits per heavy atom. The summed E-state index contributed by atoms with van der Waals surface area (Å²) in [6, 6.07) is 0. The molecule has 0 saturated carbocycles. The van der Waals surface area contributed by atoms with Gasteiger partial charge in [-0.1, -0.05) is 77.4 Å². The predicted molar refractivity (Wildman–Crippen MR) is 120 cm³/mol. The van der Waals surface area contributed by atoms with Gasteiger partial charge in [-0.05, 0) is 38.5 Å². The average molecular weight is 393 g/mol. The van der Waals surface area contributed by atoms with Crippen LogP contribution >= 0.6 is 0 Å². The van der Waals surface area contributed by atoms with Gasteiger partial charge in [0.15, 0.2) is 11.6 Å². The van der Waals surface area contributed by atoms with Crippen molar-refractivity contribution in [3.8, 4) is 0 Å². The van der Waals surface area contributed by atoms with Crippen LogP contribution in [0.1, 0.15) is 110 Å². The average Bonchev–Trinajstić information content (AvgIpc) is 3.20. The number of aliphatic imine (C=N–C) groups is 1. The fraction of sp³-hybridized carbons (Fsp3) is 0.833. The summed E-state index contributed by atoms with van der Waals surface area (Å²) in [5.41, 5.74) is 0. The number of nitrogens with zero attached hydrogens (tertiary/aromatic N) is 2. The zero-order valence-electron chi connectivity index (χ0n) is 18.5. The Morgan fingerprint density at radius 3 is 2.14 bits per heavy atom. The molecule has 1 aliphatic heterocycles. The zero-order chi connectivity index (χ0) is 20.5. The number of aliphatic hydroxyl groups is 1. The molecule has 1 rings (SSSR count). The lowest BCUT2D eigenvalue weighted by atomic mass is 10.1. The van der Waals surface area contributed by atoms with E-state index in [1.165, 1.54) is 70.6 Å². The second-order valence-corrected chi connectivity index (χ2v) is 8.05. The maximum Gasteiger partial charge on any atom is 0.197 e. The molecule has 0 amide bonds. The monoisotopic (exact) mass is 392 g/mol. The number of Topliss-reactive ketones (excluding diaryl/α,β-unsaturated/α-hetero) is 1. The molecule has 0 aromatic rings. The molecule has 0 radical (unpaired) electrons. The fourth-order valence-electron chi connectivity index (χ4n) is 3.69. The molecule has 0 aliphatic carbocycles. The highest BCUT2D eigenvalue weighted by Gasteiger charge is 2.27. The molecule has 4 nitrogen and oxygen atoms in total. The molecular weight excluding hydrogens is 348 g/mol. The lowest BCUT2D eigenvalue weighted by molar-refractivity contribution is -0.114. The van der Waals surface area contributed by atoms with Crippen LogP contribution in [0.25, 0.3) is 0 Å². The van der Waals surface area contributed by atoms with E-state index >= 15 is 0 Å². The van der Waals surface area contributed by atoms with Gasteiger partial charge in [-0.25, -0.2) is 0 Å². The molecule has 0 bridgehead atoms. The number of hydrogen-bond donors (Lipinski definition) is 1. The number of ketones is 1. The lowest BCUT2D eigenvalue weighted by Crippen LogP contribution is -2.41. The largest absolute Gasteiger partial charge is 0.374 e. The molecule has 0 saturated heterocycles. The fourth-order valence-corrected chi connectivity index (χ4v) is 3.69. The van der Waals surface area contributed by atoms with Gasteiger partial charge in [0.25, 0.3) is 0 Å². The Labute approximate surface area is 173 Å². The Kier molecular flexibility index (Phi) is 14.9. The highest BCUT2D eigenvalue weighted by Crippen LogP contribution is 2.13. The third-order valence-corrected chi connectivity index (χ3v) is 5.51. The molecule has 0 aromatic heterocycles. The van der Waals surface area contributed by atoms with Crippen molar-refractivity contribution >= 4 is 11.6 Å². The summed E-state index contributed by atoms with van der Waals surface area (Å²) < 4.78 is 0. The summed E-state index contributed by atoms with van der Waals surface area (Å²) in [4.78, 5) is 18.4. The Balaban J connectivity index is 1.94. The van der Waals surface area contributed by atoms with E-state index in [-0.39, 0.29) is 5.78 Å². The third kappa shape index (κ3) is 11.0. The minimum atomic E-state index is -0.570. The first-order chi connectivity index (χ1) is 13.7. The number of carbonyl (C=O) groups is 1. The molecule has 0 aromatic carbocycles. The second kappa shape index (κ2) is 16.8. The molecule has 28 heavy (non-hydrogen) atoms. The number of aliphatic hydroxyl groups excluding tert-OH is 1. The Morgan fingerprint density at radius 2 is 1.54 bits per heavy atom. The van der Waals surface area contributed by atoms with Crippen LogP contribution in [0.5, 0.6) is 0 Å². The Hall–Kier alpha value is -1.16. The summed E-state index contributed by atoms with van der Waals surface area (Å²) in [6.07, 6.45) is 21.7. The first-order valence-electron chi connectivity index (χ1n) is 11.9. The van der Waals surface area contributed by atoms with Gasteiger partial charge in [-0.3, -0.25) is 9.79 Å². The SMILES string of the molecule is CCCCCCCCC=CCCCCCCCC(=O)C1=NCCN1C(O)CC. The minimum Gasteiger partial charge on any atom is -0.374 e. The van der Waals surface area contributed by atoms with Crippen LogP contribution in [0, 0.1) is 0 Å². The molecule has 0 fully saturated rings.